The van der Waals surface area contributed by atoms with Gasteiger partial charge < -0.3 is 15.0 Å². The number of amides is 1. The van der Waals surface area contributed by atoms with Gasteiger partial charge in [0, 0.05) is 43.5 Å². The van der Waals surface area contributed by atoms with E-state index in [9.17, 15) is 9.59 Å². The minimum absolute atomic E-state index is 0.0883. The molecule has 0 bridgehead atoms. The van der Waals surface area contributed by atoms with Crippen LogP contribution in [0.15, 0.2) is 0 Å². The first-order valence-electron chi connectivity index (χ1n) is 10.4. The van der Waals surface area contributed by atoms with Gasteiger partial charge in [-0.25, -0.2) is 0 Å². The van der Waals surface area contributed by atoms with Gasteiger partial charge in [0.1, 0.15) is 0 Å². The van der Waals surface area contributed by atoms with Crippen LogP contribution in [0.2, 0.25) is 0 Å². The van der Waals surface area contributed by atoms with Gasteiger partial charge in [-0.15, -0.1) is 0 Å². The topological polar surface area (TPSA) is 76.5 Å². The van der Waals surface area contributed by atoms with Gasteiger partial charge in [-0.1, -0.05) is 0 Å². The largest absolute Gasteiger partial charge is 0.466 e. The number of fused-ring (bicyclic) bond motifs is 1. The van der Waals surface area contributed by atoms with E-state index in [2.05, 4.69) is 17.3 Å². The first-order valence-corrected chi connectivity index (χ1v) is 10.4. The number of nitrogens with zero attached hydrogens (tertiary/aromatic N) is 3. The maximum Gasteiger partial charge on any atom is 0.307 e. The van der Waals surface area contributed by atoms with Gasteiger partial charge in [0.2, 0.25) is 0 Å². The molecule has 3 rings (SSSR count). The molecule has 1 aliphatic heterocycles. The van der Waals surface area contributed by atoms with E-state index in [1.165, 1.54) is 12.1 Å². The summed E-state index contributed by atoms with van der Waals surface area (Å²) in [5.74, 6) is -0.0772. The first kappa shape index (κ1) is 19.9. The highest BCUT2D eigenvalue weighted by atomic mass is 16.5. The number of aryl methyl sites for hydroxylation is 1. The molecule has 1 aliphatic carbocycles. The lowest BCUT2D eigenvalue weighted by Crippen LogP contribution is -2.38. The second kappa shape index (κ2) is 9.35. The molecule has 1 aromatic heterocycles. The van der Waals surface area contributed by atoms with Crippen LogP contribution in [0.5, 0.6) is 0 Å². The summed E-state index contributed by atoms with van der Waals surface area (Å²) in [4.78, 5) is 26.5. The van der Waals surface area contributed by atoms with E-state index in [1.807, 2.05) is 16.5 Å². The number of piperidine rings is 1. The molecule has 150 valence electrons. The van der Waals surface area contributed by atoms with E-state index in [1.54, 1.807) is 0 Å². The van der Waals surface area contributed by atoms with E-state index in [-0.39, 0.29) is 17.9 Å². The average Bonchev–Trinajstić information content (AvgIpc) is 3.06. The maximum absolute atomic E-state index is 13.1. The van der Waals surface area contributed by atoms with E-state index >= 15 is 0 Å². The molecule has 27 heavy (non-hydrogen) atoms. The van der Waals surface area contributed by atoms with Crippen molar-refractivity contribution in [2.45, 2.75) is 71.4 Å². The lowest BCUT2D eigenvalue weighted by Gasteiger charge is -2.27. The highest BCUT2D eigenvalue weighted by Crippen LogP contribution is 2.26. The molecule has 1 aromatic rings. The van der Waals surface area contributed by atoms with E-state index in [0.29, 0.717) is 25.3 Å². The number of aromatic nitrogens is 2. The monoisotopic (exact) mass is 376 g/mol. The molecular formula is C20H32N4O3. The predicted molar refractivity (Wildman–Crippen MR) is 103 cm³/mol. The number of hydrogen-bond donors (Lipinski definition) is 1. The Hall–Kier alpha value is -1.89. The van der Waals surface area contributed by atoms with E-state index < -0.39 is 0 Å². The number of ether oxygens (including phenoxy) is 1. The Balaban J connectivity index is 1.67. The third-order valence-electron chi connectivity index (χ3n) is 5.56. The van der Waals surface area contributed by atoms with Crippen LogP contribution in [0.3, 0.4) is 0 Å². The molecule has 2 heterocycles. The molecule has 1 N–H and O–H groups in total. The summed E-state index contributed by atoms with van der Waals surface area (Å²) in [6.45, 7) is 7.39. The van der Waals surface area contributed by atoms with Crippen molar-refractivity contribution < 1.29 is 14.3 Å². The van der Waals surface area contributed by atoms with E-state index in [0.717, 1.165) is 57.3 Å². The molecular weight excluding hydrogens is 344 g/mol. The summed E-state index contributed by atoms with van der Waals surface area (Å²) in [6, 6.07) is 0.273. The number of likely N-dealkylation sites (tertiary alicyclic amines) is 1. The number of hydrogen-bond acceptors (Lipinski definition) is 5. The standard InChI is InChI=1S/C20H32N4O3/c1-3-24-17-9-8-15(21-11-10-18(25)27-4-2)14-16(17)19(22-24)20(26)23-12-6-5-7-13-23/h15,21H,3-14H2,1-2H3/t15-/m0/s1. The van der Waals surface area contributed by atoms with E-state index in [4.69, 9.17) is 4.74 Å². The van der Waals surface area contributed by atoms with Crippen LogP contribution < -0.4 is 5.32 Å². The Morgan fingerprint density at radius 2 is 2.00 bits per heavy atom. The van der Waals surface area contributed by atoms with Crippen LogP contribution in [0.4, 0.5) is 0 Å². The summed E-state index contributed by atoms with van der Waals surface area (Å²) in [5.41, 5.74) is 2.96. The van der Waals surface area contributed by atoms with Crippen molar-refractivity contribution >= 4 is 11.9 Å². The summed E-state index contributed by atoms with van der Waals surface area (Å²) < 4.78 is 6.98. The fourth-order valence-electron chi connectivity index (χ4n) is 4.15. The second-order valence-electron chi connectivity index (χ2n) is 7.39. The average molecular weight is 377 g/mol. The smallest absolute Gasteiger partial charge is 0.307 e. The SMILES string of the molecule is CCOC(=O)CCN[C@H]1CCc2c(c(C(=O)N3CCCCC3)nn2CC)C1. The van der Waals surface area contributed by atoms with Gasteiger partial charge in [0.25, 0.3) is 5.91 Å². The number of esters is 1. The zero-order valence-corrected chi connectivity index (χ0v) is 16.6. The fourth-order valence-corrected chi connectivity index (χ4v) is 4.15. The van der Waals surface area contributed by atoms with Gasteiger partial charge in [-0.05, 0) is 52.4 Å². The molecule has 1 atom stereocenters. The lowest BCUT2D eigenvalue weighted by atomic mass is 9.91. The Morgan fingerprint density at radius 3 is 2.70 bits per heavy atom. The third kappa shape index (κ3) is 4.69. The van der Waals surface area contributed by atoms with Gasteiger partial charge in [-0.2, -0.15) is 5.10 Å². The van der Waals surface area contributed by atoms with Gasteiger partial charge in [0.05, 0.1) is 13.0 Å². The second-order valence-corrected chi connectivity index (χ2v) is 7.39. The minimum Gasteiger partial charge on any atom is -0.466 e. The molecule has 7 heteroatoms. The van der Waals surface area contributed by atoms with Crippen LogP contribution in [-0.2, 0) is 28.9 Å². The Labute approximate surface area is 161 Å². The number of carbonyl (C=O) groups is 2. The molecule has 0 unspecified atom stereocenters. The zero-order chi connectivity index (χ0) is 19.2. The maximum atomic E-state index is 13.1. The van der Waals surface area contributed by atoms with Crippen molar-refractivity contribution in [1.82, 2.24) is 20.0 Å². The summed E-state index contributed by atoms with van der Waals surface area (Å²) in [7, 11) is 0. The molecule has 1 amide bonds. The number of carbonyl (C=O) groups excluding carboxylic acids is 2. The molecule has 0 spiro atoms. The van der Waals surface area contributed by atoms with Crippen LogP contribution in [0.1, 0.15) is 67.7 Å². The molecule has 1 saturated heterocycles. The van der Waals surface area contributed by atoms with Crippen LogP contribution in [-0.4, -0.2) is 58.8 Å². The Morgan fingerprint density at radius 1 is 1.22 bits per heavy atom. The summed E-state index contributed by atoms with van der Waals surface area (Å²) in [6.07, 6.45) is 6.47. The number of nitrogens with one attached hydrogen (secondary N) is 1. The van der Waals surface area contributed by atoms with Crippen molar-refractivity contribution in [3.05, 3.63) is 17.0 Å². The molecule has 0 radical (unpaired) electrons. The van der Waals surface area contributed by atoms with Crippen molar-refractivity contribution in [2.75, 3.05) is 26.2 Å². The normalized spacial score (nSPS) is 19.6. The van der Waals surface area contributed by atoms with Crippen molar-refractivity contribution in [3.63, 3.8) is 0 Å². The molecule has 7 nitrogen and oxygen atoms in total. The van der Waals surface area contributed by atoms with Crippen LogP contribution >= 0.6 is 0 Å². The molecule has 0 saturated carbocycles. The molecule has 2 aliphatic rings. The summed E-state index contributed by atoms with van der Waals surface area (Å²) >= 11 is 0. The van der Waals surface area contributed by atoms with Crippen molar-refractivity contribution in [2.24, 2.45) is 0 Å². The summed E-state index contributed by atoms with van der Waals surface area (Å²) in [5, 5.41) is 8.14. The number of rotatable bonds is 7. The molecule has 0 aromatic carbocycles. The zero-order valence-electron chi connectivity index (χ0n) is 16.6. The van der Waals surface area contributed by atoms with Crippen molar-refractivity contribution in [1.29, 1.82) is 0 Å². The Kier molecular flexibility index (Phi) is 6.88. The van der Waals surface area contributed by atoms with Gasteiger partial charge in [0.15, 0.2) is 5.69 Å². The molecule has 1 fully saturated rings. The quantitative estimate of drug-likeness (QED) is 0.736. The predicted octanol–water partition coefficient (Wildman–Crippen LogP) is 1.93. The van der Waals surface area contributed by atoms with Crippen LogP contribution in [0, 0.1) is 0 Å². The third-order valence-corrected chi connectivity index (χ3v) is 5.56. The van der Waals surface area contributed by atoms with Crippen LogP contribution in [0.25, 0.3) is 0 Å². The Bertz CT molecular complexity index is 664. The van der Waals surface area contributed by atoms with Gasteiger partial charge >= 0.3 is 5.97 Å². The fraction of sp³-hybridized carbons (Fsp3) is 0.750. The van der Waals surface area contributed by atoms with Crippen molar-refractivity contribution in [3.8, 4) is 0 Å². The lowest BCUT2D eigenvalue weighted by molar-refractivity contribution is -0.143. The highest BCUT2D eigenvalue weighted by Gasteiger charge is 2.31. The first-order chi connectivity index (χ1) is 13.1. The van der Waals surface area contributed by atoms with Gasteiger partial charge in [-0.3, -0.25) is 14.3 Å². The highest BCUT2D eigenvalue weighted by molar-refractivity contribution is 5.94. The minimum atomic E-state index is -0.165.